The highest BCUT2D eigenvalue weighted by atomic mass is 16.5. The number of methoxy groups -OCH3 is 1. The number of rotatable bonds is 6. The maximum absolute atomic E-state index is 11.2. The number of amides is 1. The van der Waals surface area contributed by atoms with Crippen LogP contribution in [0, 0.1) is 0 Å². The van der Waals surface area contributed by atoms with Crippen LogP contribution in [0.2, 0.25) is 0 Å². The lowest BCUT2D eigenvalue weighted by Crippen LogP contribution is -2.23. The van der Waals surface area contributed by atoms with Gasteiger partial charge in [-0.2, -0.15) is 5.10 Å². The highest BCUT2D eigenvalue weighted by Crippen LogP contribution is 2.10. The summed E-state index contributed by atoms with van der Waals surface area (Å²) in [5, 5.41) is 9.87. The molecule has 0 spiro atoms. The molecule has 2 heterocycles. The van der Waals surface area contributed by atoms with Crippen molar-refractivity contribution in [1.29, 1.82) is 0 Å². The van der Waals surface area contributed by atoms with Gasteiger partial charge in [0.05, 0.1) is 19.0 Å². The van der Waals surface area contributed by atoms with Gasteiger partial charge in [0.1, 0.15) is 6.54 Å². The maximum Gasteiger partial charge on any atom is 0.241 e. The van der Waals surface area contributed by atoms with Crippen LogP contribution >= 0.6 is 0 Å². The number of hydrogen-bond acceptors (Lipinski definition) is 5. The number of pyridine rings is 1. The monoisotopic (exact) mass is 275 g/mol. The molecule has 2 aromatic heterocycles. The second-order valence-electron chi connectivity index (χ2n) is 4.16. The molecule has 0 bridgehead atoms. The van der Waals surface area contributed by atoms with Crippen molar-refractivity contribution in [1.82, 2.24) is 20.1 Å². The molecule has 2 aromatic rings. The summed E-state index contributed by atoms with van der Waals surface area (Å²) in [7, 11) is 3.18. The second-order valence-corrected chi connectivity index (χ2v) is 4.16. The average molecular weight is 275 g/mol. The Morgan fingerprint density at radius 2 is 2.25 bits per heavy atom. The van der Waals surface area contributed by atoms with Crippen LogP contribution in [-0.4, -0.2) is 34.8 Å². The highest BCUT2D eigenvalue weighted by molar-refractivity contribution is 5.75. The largest absolute Gasteiger partial charge is 0.481 e. The minimum atomic E-state index is -0.0843. The summed E-state index contributed by atoms with van der Waals surface area (Å²) in [5.41, 5.74) is 1.88. The first-order chi connectivity index (χ1) is 9.71. The first-order valence-electron chi connectivity index (χ1n) is 6.17. The van der Waals surface area contributed by atoms with Gasteiger partial charge in [-0.05, 0) is 5.56 Å². The zero-order valence-electron chi connectivity index (χ0n) is 11.5. The van der Waals surface area contributed by atoms with Crippen molar-refractivity contribution >= 4 is 11.6 Å². The van der Waals surface area contributed by atoms with Crippen LogP contribution in [0.1, 0.15) is 5.56 Å². The van der Waals surface area contributed by atoms with Crippen molar-refractivity contribution in [2.45, 2.75) is 13.1 Å². The zero-order chi connectivity index (χ0) is 14.4. The number of nitrogens with zero attached hydrogens (tertiary/aromatic N) is 3. The summed E-state index contributed by atoms with van der Waals surface area (Å²) in [5.74, 6) is 0.506. The third-order valence-electron chi connectivity index (χ3n) is 2.72. The molecule has 0 aromatic carbocycles. The van der Waals surface area contributed by atoms with E-state index in [0.717, 1.165) is 11.3 Å². The van der Waals surface area contributed by atoms with Crippen LogP contribution in [0.3, 0.4) is 0 Å². The standard InChI is InChI=1S/C13H17N5O2/c1-14-12(19)9-18-8-11(7-17-18)15-5-10-3-4-13(20-2)16-6-10/h3-4,6-8,15H,5,9H2,1-2H3,(H,14,19). The Labute approximate surface area is 117 Å². The van der Waals surface area contributed by atoms with E-state index in [1.54, 1.807) is 37.4 Å². The smallest absolute Gasteiger partial charge is 0.241 e. The van der Waals surface area contributed by atoms with Gasteiger partial charge in [0.15, 0.2) is 0 Å². The lowest BCUT2D eigenvalue weighted by Gasteiger charge is -2.04. The minimum Gasteiger partial charge on any atom is -0.481 e. The van der Waals surface area contributed by atoms with Crippen LogP contribution in [0.25, 0.3) is 0 Å². The quantitative estimate of drug-likeness (QED) is 0.809. The van der Waals surface area contributed by atoms with Crippen LogP contribution in [0.15, 0.2) is 30.7 Å². The summed E-state index contributed by atoms with van der Waals surface area (Å²) in [4.78, 5) is 15.3. The number of aromatic nitrogens is 3. The molecule has 2 rings (SSSR count). The molecule has 1 amide bonds. The lowest BCUT2D eigenvalue weighted by atomic mass is 10.3. The molecular weight excluding hydrogens is 258 g/mol. The summed E-state index contributed by atoms with van der Waals surface area (Å²) in [6.45, 7) is 0.838. The van der Waals surface area contributed by atoms with Gasteiger partial charge >= 0.3 is 0 Å². The first-order valence-corrected chi connectivity index (χ1v) is 6.17. The molecule has 7 nitrogen and oxygen atoms in total. The van der Waals surface area contributed by atoms with Gasteiger partial charge in [0, 0.05) is 32.1 Å². The van der Waals surface area contributed by atoms with E-state index < -0.39 is 0 Å². The van der Waals surface area contributed by atoms with Gasteiger partial charge in [-0.25, -0.2) is 4.98 Å². The van der Waals surface area contributed by atoms with E-state index in [2.05, 4.69) is 20.7 Å². The number of carbonyl (C=O) groups excluding carboxylic acids is 1. The molecule has 7 heteroatoms. The van der Waals surface area contributed by atoms with Crippen molar-refractivity contribution in [3.8, 4) is 5.88 Å². The third kappa shape index (κ3) is 3.71. The number of carbonyl (C=O) groups is 1. The molecule has 2 N–H and O–H groups in total. The predicted octanol–water partition coefficient (Wildman–Crippen LogP) is 0.645. The average Bonchev–Trinajstić information content (AvgIpc) is 2.93. The topological polar surface area (TPSA) is 81.1 Å². The maximum atomic E-state index is 11.2. The van der Waals surface area contributed by atoms with Crippen molar-refractivity contribution in [2.24, 2.45) is 0 Å². The Kier molecular flexibility index (Phi) is 4.54. The normalized spacial score (nSPS) is 10.1. The summed E-state index contributed by atoms with van der Waals surface area (Å²) in [6, 6.07) is 3.75. The molecule has 0 fully saturated rings. The molecule has 106 valence electrons. The minimum absolute atomic E-state index is 0.0843. The van der Waals surface area contributed by atoms with E-state index in [4.69, 9.17) is 4.74 Å². The summed E-state index contributed by atoms with van der Waals surface area (Å²) in [6.07, 6.45) is 5.22. The number of anilines is 1. The first kappa shape index (κ1) is 13.9. The lowest BCUT2D eigenvalue weighted by molar-refractivity contribution is -0.121. The van der Waals surface area contributed by atoms with E-state index >= 15 is 0 Å². The Morgan fingerprint density at radius 1 is 1.40 bits per heavy atom. The molecule has 0 aliphatic rings. The molecule has 0 saturated heterocycles. The molecule has 0 unspecified atom stereocenters. The van der Waals surface area contributed by atoms with E-state index in [9.17, 15) is 4.79 Å². The van der Waals surface area contributed by atoms with E-state index in [1.165, 1.54) is 0 Å². The summed E-state index contributed by atoms with van der Waals surface area (Å²) >= 11 is 0. The molecule has 0 atom stereocenters. The SMILES string of the molecule is CNC(=O)Cn1cc(NCc2ccc(OC)nc2)cn1. The van der Waals surface area contributed by atoms with Crippen molar-refractivity contribution in [2.75, 3.05) is 19.5 Å². The van der Waals surface area contributed by atoms with Gasteiger partial charge in [-0.1, -0.05) is 6.07 Å². The molecular formula is C13H17N5O2. The van der Waals surface area contributed by atoms with Crippen LogP contribution < -0.4 is 15.4 Å². The van der Waals surface area contributed by atoms with Crippen LogP contribution in [-0.2, 0) is 17.9 Å². The Morgan fingerprint density at radius 3 is 2.90 bits per heavy atom. The molecule has 0 radical (unpaired) electrons. The zero-order valence-corrected chi connectivity index (χ0v) is 11.5. The number of nitrogens with one attached hydrogen (secondary N) is 2. The van der Waals surface area contributed by atoms with Gasteiger partial charge in [0.25, 0.3) is 0 Å². The van der Waals surface area contributed by atoms with Gasteiger partial charge in [0.2, 0.25) is 11.8 Å². The van der Waals surface area contributed by atoms with Crippen molar-refractivity contribution in [3.63, 3.8) is 0 Å². The predicted molar refractivity (Wildman–Crippen MR) is 74.4 cm³/mol. The number of likely N-dealkylation sites (N-methyl/N-ethyl adjacent to an activating group) is 1. The van der Waals surface area contributed by atoms with Gasteiger partial charge in [-0.3, -0.25) is 9.48 Å². The third-order valence-corrected chi connectivity index (χ3v) is 2.72. The van der Waals surface area contributed by atoms with E-state index in [0.29, 0.717) is 12.4 Å². The Bertz CT molecular complexity index is 564. The van der Waals surface area contributed by atoms with E-state index in [-0.39, 0.29) is 12.5 Å². The number of ether oxygens (including phenoxy) is 1. The van der Waals surface area contributed by atoms with Crippen molar-refractivity contribution in [3.05, 3.63) is 36.3 Å². The Balaban J connectivity index is 1.88. The molecule has 20 heavy (non-hydrogen) atoms. The molecule has 0 aliphatic carbocycles. The summed E-state index contributed by atoms with van der Waals surface area (Å²) < 4.78 is 6.58. The number of hydrogen-bond donors (Lipinski definition) is 2. The molecule has 0 saturated carbocycles. The van der Waals surface area contributed by atoms with Gasteiger partial charge < -0.3 is 15.4 Å². The van der Waals surface area contributed by atoms with Crippen molar-refractivity contribution < 1.29 is 9.53 Å². The molecule has 0 aliphatic heterocycles. The van der Waals surface area contributed by atoms with Crippen LogP contribution in [0.5, 0.6) is 5.88 Å². The second kappa shape index (κ2) is 6.55. The van der Waals surface area contributed by atoms with Gasteiger partial charge in [-0.15, -0.1) is 0 Å². The highest BCUT2D eigenvalue weighted by Gasteiger charge is 2.03. The fourth-order valence-corrected chi connectivity index (χ4v) is 1.61. The van der Waals surface area contributed by atoms with E-state index in [1.807, 2.05) is 12.1 Å². The Hall–Kier alpha value is -2.57. The van der Waals surface area contributed by atoms with Crippen LogP contribution in [0.4, 0.5) is 5.69 Å². The fourth-order valence-electron chi connectivity index (χ4n) is 1.61. The fraction of sp³-hybridized carbons (Fsp3) is 0.308.